The number of hydrogen-bond donors (Lipinski definition) is 0. The minimum atomic E-state index is 0.221. The molecule has 1 aromatic heterocycles. The Labute approximate surface area is 137 Å². The molecule has 2 aromatic rings. The van der Waals surface area contributed by atoms with Crippen molar-refractivity contribution in [2.24, 2.45) is 0 Å². The Morgan fingerprint density at radius 3 is 2.96 bits per heavy atom. The van der Waals surface area contributed by atoms with Gasteiger partial charge in [-0.3, -0.25) is 14.8 Å². The smallest absolute Gasteiger partial charge is 0.223 e. The maximum absolute atomic E-state index is 12.7. The van der Waals surface area contributed by atoms with Gasteiger partial charge in [0.15, 0.2) is 0 Å². The molecule has 0 bridgehead atoms. The zero-order chi connectivity index (χ0) is 16.2. The van der Waals surface area contributed by atoms with Crippen LogP contribution in [0, 0.1) is 13.8 Å². The summed E-state index contributed by atoms with van der Waals surface area (Å²) in [6, 6.07) is 6.75. The molecule has 4 nitrogen and oxygen atoms in total. The lowest BCUT2D eigenvalue weighted by Gasteiger charge is -2.26. The van der Waals surface area contributed by atoms with Crippen LogP contribution in [0.2, 0.25) is 0 Å². The zero-order valence-corrected chi connectivity index (χ0v) is 13.8. The van der Waals surface area contributed by atoms with Crippen molar-refractivity contribution in [3.63, 3.8) is 0 Å². The van der Waals surface area contributed by atoms with E-state index in [2.05, 4.69) is 46.9 Å². The quantitative estimate of drug-likeness (QED) is 0.869. The van der Waals surface area contributed by atoms with Crippen molar-refractivity contribution >= 4 is 5.91 Å². The summed E-state index contributed by atoms with van der Waals surface area (Å²) >= 11 is 0. The molecule has 1 aliphatic rings. The molecule has 0 spiro atoms. The summed E-state index contributed by atoms with van der Waals surface area (Å²) in [5.74, 6) is 0.221. The summed E-state index contributed by atoms with van der Waals surface area (Å²) in [7, 11) is 0. The number of nitrogens with zero attached hydrogens (tertiary/aromatic N) is 3. The van der Waals surface area contributed by atoms with Crippen molar-refractivity contribution in [2.75, 3.05) is 6.54 Å². The summed E-state index contributed by atoms with van der Waals surface area (Å²) in [5, 5.41) is 0. The summed E-state index contributed by atoms with van der Waals surface area (Å²) in [6.45, 7) is 5.10. The Bertz CT molecular complexity index is 684. The number of likely N-dealkylation sites (tertiary alicyclic amines) is 1. The summed E-state index contributed by atoms with van der Waals surface area (Å²) in [6.07, 6.45) is 8.36. The van der Waals surface area contributed by atoms with Gasteiger partial charge in [0.05, 0.1) is 11.7 Å². The Kier molecular flexibility index (Phi) is 4.70. The van der Waals surface area contributed by atoms with E-state index >= 15 is 0 Å². The van der Waals surface area contributed by atoms with E-state index in [0.717, 1.165) is 25.1 Å². The van der Waals surface area contributed by atoms with Crippen LogP contribution >= 0.6 is 0 Å². The van der Waals surface area contributed by atoms with E-state index in [1.54, 1.807) is 18.6 Å². The highest BCUT2D eigenvalue weighted by molar-refractivity contribution is 5.77. The Morgan fingerprint density at radius 2 is 2.17 bits per heavy atom. The Hall–Kier alpha value is -2.23. The van der Waals surface area contributed by atoms with Gasteiger partial charge < -0.3 is 4.90 Å². The van der Waals surface area contributed by atoms with E-state index in [4.69, 9.17) is 0 Å². The van der Waals surface area contributed by atoms with Gasteiger partial charge in [-0.1, -0.05) is 23.8 Å². The van der Waals surface area contributed by atoms with Crippen LogP contribution in [0.5, 0.6) is 0 Å². The number of hydrogen-bond acceptors (Lipinski definition) is 3. The average molecular weight is 309 g/mol. The minimum absolute atomic E-state index is 0.221. The normalized spacial score (nSPS) is 17.5. The predicted octanol–water partition coefficient (Wildman–Crippen LogP) is 3.39. The number of aromatic nitrogens is 2. The first kappa shape index (κ1) is 15.7. The molecule has 1 saturated heterocycles. The third-order valence-electron chi connectivity index (χ3n) is 4.58. The third-order valence-corrected chi connectivity index (χ3v) is 4.58. The van der Waals surface area contributed by atoms with Crippen LogP contribution in [0.1, 0.15) is 47.7 Å². The maximum atomic E-state index is 12.7. The van der Waals surface area contributed by atoms with Gasteiger partial charge in [-0.2, -0.15) is 0 Å². The molecule has 1 amide bonds. The van der Waals surface area contributed by atoms with E-state index in [0.29, 0.717) is 12.8 Å². The molecule has 0 unspecified atom stereocenters. The van der Waals surface area contributed by atoms with Crippen LogP contribution in [-0.2, 0) is 11.2 Å². The van der Waals surface area contributed by atoms with E-state index in [9.17, 15) is 4.79 Å². The lowest BCUT2D eigenvalue weighted by molar-refractivity contribution is -0.132. The van der Waals surface area contributed by atoms with Crippen molar-refractivity contribution in [2.45, 2.75) is 45.6 Å². The highest BCUT2D eigenvalue weighted by atomic mass is 16.2. The van der Waals surface area contributed by atoms with Gasteiger partial charge in [0.25, 0.3) is 0 Å². The number of rotatable bonds is 4. The predicted molar refractivity (Wildman–Crippen MR) is 90.0 cm³/mol. The van der Waals surface area contributed by atoms with Crippen molar-refractivity contribution in [1.82, 2.24) is 14.9 Å². The van der Waals surface area contributed by atoms with E-state index in [-0.39, 0.29) is 11.9 Å². The molecule has 1 fully saturated rings. The highest BCUT2D eigenvalue weighted by Gasteiger charge is 2.30. The second-order valence-corrected chi connectivity index (χ2v) is 6.30. The second kappa shape index (κ2) is 6.90. The zero-order valence-electron chi connectivity index (χ0n) is 13.8. The SMILES string of the molecule is Cc1ccc(C)c([C@H]2CCCN2C(=O)CCc2cnccn2)c1. The van der Waals surface area contributed by atoms with Crippen molar-refractivity contribution < 1.29 is 4.79 Å². The van der Waals surface area contributed by atoms with Crippen LogP contribution in [-0.4, -0.2) is 27.3 Å². The van der Waals surface area contributed by atoms with Gasteiger partial charge in [0.1, 0.15) is 0 Å². The third kappa shape index (κ3) is 3.58. The summed E-state index contributed by atoms with van der Waals surface area (Å²) in [5.41, 5.74) is 4.71. The minimum Gasteiger partial charge on any atom is -0.336 e. The van der Waals surface area contributed by atoms with Crippen molar-refractivity contribution in [1.29, 1.82) is 0 Å². The first-order valence-electron chi connectivity index (χ1n) is 8.26. The molecule has 120 valence electrons. The van der Waals surface area contributed by atoms with E-state index in [1.807, 2.05) is 0 Å². The Balaban J connectivity index is 1.71. The molecular weight excluding hydrogens is 286 g/mol. The average Bonchev–Trinajstić information content (AvgIpc) is 3.05. The number of aryl methyl sites for hydroxylation is 3. The van der Waals surface area contributed by atoms with Gasteiger partial charge in [-0.25, -0.2) is 0 Å². The van der Waals surface area contributed by atoms with E-state index in [1.165, 1.54) is 16.7 Å². The fourth-order valence-corrected chi connectivity index (χ4v) is 3.35. The second-order valence-electron chi connectivity index (χ2n) is 6.30. The molecule has 1 aromatic carbocycles. The molecule has 0 aliphatic carbocycles. The van der Waals surface area contributed by atoms with E-state index < -0.39 is 0 Å². The molecule has 4 heteroatoms. The first-order valence-corrected chi connectivity index (χ1v) is 8.26. The molecule has 2 heterocycles. The fourth-order valence-electron chi connectivity index (χ4n) is 3.35. The van der Waals surface area contributed by atoms with Crippen LogP contribution in [0.25, 0.3) is 0 Å². The maximum Gasteiger partial charge on any atom is 0.223 e. The largest absolute Gasteiger partial charge is 0.336 e. The monoisotopic (exact) mass is 309 g/mol. The fraction of sp³-hybridized carbons (Fsp3) is 0.421. The molecular formula is C19H23N3O. The van der Waals surface area contributed by atoms with Crippen LogP contribution in [0.3, 0.4) is 0 Å². The van der Waals surface area contributed by atoms with Gasteiger partial charge in [-0.05, 0) is 44.2 Å². The standard InChI is InChI=1S/C19H23N3O/c1-14-5-6-15(2)17(12-14)18-4-3-11-22(18)19(23)8-7-16-13-20-9-10-21-16/h5-6,9-10,12-13,18H,3-4,7-8,11H2,1-2H3/t18-/m1/s1. The number of carbonyl (C=O) groups excluding carboxylic acids is 1. The Morgan fingerprint density at radius 1 is 1.30 bits per heavy atom. The first-order chi connectivity index (χ1) is 11.1. The summed E-state index contributed by atoms with van der Waals surface area (Å²) in [4.78, 5) is 23.0. The van der Waals surface area contributed by atoms with Crippen LogP contribution in [0.4, 0.5) is 0 Å². The molecule has 1 aliphatic heterocycles. The lowest BCUT2D eigenvalue weighted by atomic mass is 9.97. The topological polar surface area (TPSA) is 46.1 Å². The number of amides is 1. The van der Waals surface area contributed by atoms with Gasteiger partial charge in [-0.15, -0.1) is 0 Å². The van der Waals surface area contributed by atoms with Gasteiger partial charge in [0.2, 0.25) is 5.91 Å². The number of benzene rings is 1. The van der Waals surface area contributed by atoms with Crippen molar-refractivity contribution in [3.05, 3.63) is 59.2 Å². The molecule has 23 heavy (non-hydrogen) atoms. The molecule has 1 atom stereocenters. The molecule has 3 rings (SSSR count). The van der Waals surface area contributed by atoms with Crippen LogP contribution < -0.4 is 0 Å². The highest BCUT2D eigenvalue weighted by Crippen LogP contribution is 2.34. The molecule has 0 N–H and O–H groups in total. The lowest BCUT2D eigenvalue weighted by Crippen LogP contribution is -2.31. The summed E-state index contributed by atoms with van der Waals surface area (Å²) < 4.78 is 0. The van der Waals surface area contributed by atoms with Crippen molar-refractivity contribution in [3.8, 4) is 0 Å². The van der Waals surface area contributed by atoms with Gasteiger partial charge in [0, 0.05) is 31.6 Å². The number of carbonyl (C=O) groups is 1. The van der Waals surface area contributed by atoms with Crippen LogP contribution in [0.15, 0.2) is 36.8 Å². The van der Waals surface area contributed by atoms with Gasteiger partial charge >= 0.3 is 0 Å². The molecule has 0 saturated carbocycles. The molecule has 0 radical (unpaired) electrons.